The van der Waals surface area contributed by atoms with Crippen LogP contribution in [0, 0.1) is 46.8 Å². The summed E-state index contributed by atoms with van der Waals surface area (Å²) in [5.41, 5.74) is 0. The highest BCUT2D eigenvalue weighted by Crippen LogP contribution is 2.58. The first-order valence-electron chi connectivity index (χ1n) is 6.59. The van der Waals surface area contributed by atoms with Crippen molar-refractivity contribution in [1.82, 2.24) is 0 Å². The molecule has 1 atom stereocenters. The largest absolute Gasteiger partial charge is 0.299 e. The molecule has 16 heavy (non-hydrogen) atoms. The number of ketones is 1. The molecule has 1 unspecified atom stereocenters. The Bertz CT molecular complexity index is 326. The summed E-state index contributed by atoms with van der Waals surface area (Å²) in [5.74, 6) is 3.40. The highest BCUT2D eigenvalue weighted by Gasteiger charge is 2.51. The van der Waals surface area contributed by atoms with E-state index in [4.69, 9.17) is 0 Å². The average molecular weight is 217 g/mol. The van der Waals surface area contributed by atoms with Crippen LogP contribution in [0.15, 0.2) is 0 Å². The zero-order valence-electron chi connectivity index (χ0n) is 9.86. The summed E-state index contributed by atoms with van der Waals surface area (Å²) in [4.78, 5) is 11.6. The summed E-state index contributed by atoms with van der Waals surface area (Å²) in [6.07, 6.45) is 6.61. The Kier molecular flexibility index (Phi) is 2.31. The van der Waals surface area contributed by atoms with Crippen LogP contribution in [0.2, 0.25) is 0 Å². The van der Waals surface area contributed by atoms with Crippen molar-refractivity contribution in [2.24, 2.45) is 35.5 Å². The Balaban J connectivity index is 1.86. The quantitative estimate of drug-likeness (QED) is 0.713. The van der Waals surface area contributed by atoms with Gasteiger partial charge >= 0.3 is 0 Å². The van der Waals surface area contributed by atoms with Crippen LogP contribution in [0.1, 0.15) is 39.0 Å². The van der Waals surface area contributed by atoms with Gasteiger partial charge in [0.05, 0.1) is 6.07 Å². The maximum atomic E-state index is 11.6. The Morgan fingerprint density at radius 3 is 2.00 bits per heavy atom. The van der Waals surface area contributed by atoms with Gasteiger partial charge in [-0.2, -0.15) is 5.26 Å². The van der Waals surface area contributed by atoms with Crippen LogP contribution in [-0.4, -0.2) is 5.78 Å². The predicted octanol–water partition coefficient (Wildman–Crippen LogP) is 2.79. The highest BCUT2D eigenvalue weighted by atomic mass is 16.1. The van der Waals surface area contributed by atoms with Gasteiger partial charge in [0.25, 0.3) is 0 Å². The Morgan fingerprint density at radius 1 is 1.12 bits per heavy atom. The molecule has 4 saturated carbocycles. The zero-order chi connectivity index (χ0) is 11.3. The number of rotatable bonds is 2. The van der Waals surface area contributed by atoms with E-state index in [1.165, 1.54) is 32.1 Å². The van der Waals surface area contributed by atoms with Crippen LogP contribution in [0.25, 0.3) is 0 Å². The van der Waals surface area contributed by atoms with Gasteiger partial charge in [-0.05, 0) is 68.6 Å². The van der Waals surface area contributed by atoms with Crippen LogP contribution in [0.5, 0.6) is 0 Å². The second-order valence-electron chi connectivity index (χ2n) is 6.23. The molecule has 2 nitrogen and oxygen atoms in total. The van der Waals surface area contributed by atoms with Gasteiger partial charge < -0.3 is 0 Å². The predicted molar refractivity (Wildman–Crippen MR) is 60.3 cm³/mol. The maximum absolute atomic E-state index is 11.6. The number of hydrogen-bond acceptors (Lipinski definition) is 2. The highest BCUT2D eigenvalue weighted by molar-refractivity contribution is 5.81. The summed E-state index contributed by atoms with van der Waals surface area (Å²) in [7, 11) is 0. The molecule has 0 N–H and O–H groups in total. The minimum Gasteiger partial charge on any atom is -0.299 e. The van der Waals surface area contributed by atoms with E-state index in [0.29, 0.717) is 17.8 Å². The molecule has 4 aliphatic rings. The number of hydrogen-bond donors (Lipinski definition) is 0. The number of nitrogens with zero attached hydrogens (tertiary/aromatic N) is 1. The van der Waals surface area contributed by atoms with Crippen LogP contribution < -0.4 is 0 Å². The van der Waals surface area contributed by atoms with Gasteiger partial charge in [-0.15, -0.1) is 0 Å². The molecule has 2 heteroatoms. The number of Topliss-reactive ketones (excluding diaryl/α,β-unsaturated/α-hetero) is 1. The van der Waals surface area contributed by atoms with Gasteiger partial charge in [0, 0.05) is 0 Å². The summed E-state index contributed by atoms with van der Waals surface area (Å²) in [6.45, 7) is 1.60. The van der Waals surface area contributed by atoms with E-state index in [-0.39, 0.29) is 11.7 Å². The van der Waals surface area contributed by atoms with E-state index in [9.17, 15) is 10.1 Å². The zero-order valence-corrected chi connectivity index (χ0v) is 9.86. The fourth-order valence-electron chi connectivity index (χ4n) is 4.96. The average Bonchev–Trinajstić information content (AvgIpc) is 2.21. The number of carbonyl (C=O) groups excluding carboxylic acids is 1. The van der Waals surface area contributed by atoms with Crippen molar-refractivity contribution in [2.45, 2.75) is 39.0 Å². The summed E-state index contributed by atoms with van der Waals surface area (Å²) < 4.78 is 0. The monoisotopic (exact) mass is 217 g/mol. The lowest BCUT2D eigenvalue weighted by Crippen LogP contribution is -2.48. The van der Waals surface area contributed by atoms with E-state index in [1.807, 2.05) is 0 Å². The number of nitriles is 1. The molecular formula is C14H19NO. The van der Waals surface area contributed by atoms with Crippen molar-refractivity contribution in [2.75, 3.05) is 0 Å². The Morgan fingerprint density at radius 2 is 1.62 bits per heavy atom. The molecule has 0 heterocycles. The Labute approximate surface area is 97.0 Å². The molecule has 86 valence electrons. The van der Waals surface area contributed by atoms with Crippen LogP contribution >= 0.6 is 0 Å². The van der Waals surface area contributed by atoms with Crippen molar-refractivity contribution >= 4 is 5.78 Å². The van der Waals surface area contributed by atoms with Gasteiger partial charge in [0.2, 0.25) is 0 Å². The molecule has 0 amide bonds. The van der Waals surface area contributed by atoms with Crippen molar-refractivity contribution in [1.29, 1.82) is 5.26 Å². The molecule has 0 spiro atoms. The molecule has 0 aliphatic heterocycles. The van der Waals surface area contributed by atoms with E-state index in [0.717, 1.165) is 11.8 Å². The lowest BCUT2D eigenvalue weighted by Gasteiger charge is -2.55. The Hall–Kier alpha value is -0.840. The molecular weight excluding hydrogens is 198 g/mol. The topological polar surface area (TPSA) is 40.9 Å². The maximum Gasteiger partial charge on any atom is 0.147 e. The fourth-order valence-corrected chi connectivity index (χ4v) is 4.96. The molecule has 0 aromatic rings. The summed E-state index contributed by atoms with van der Waals surface area (Å²) in [6, 6.07) is 2.28. The lowest BCUT2D eigenvalue weighted by molar-refractivity contribution is -0.126. The van der Waals surface area contributed by atoms with Crippen molar-refractivity contribution in [3.8, 4) is 6.07 Å². The van der Waals surface area contributed by atoms with Gasteiger partial charge in [-0.3, -0.25) is 4.79 Å². The van der Waals surface area contributed by atoms with Crippen molar-refractivity contribution in [3.05, 3.63) is 0 Å². The standard InChI is InChI=1S/C14H19NO/c1-8(16)13(7-15)14-11-3-9-2-10(5-11)6-12(14)4-9/h9-14H,2-6H2,1H3. The second kappa shape index (κ2) is 3.58. The van der Waals surface area contributed by atoms with E-state index >= 15 is 0 Å². The lowest BCUT2D eigenvalue weighted by atomic mass is 9.49. The molecule has 0 saturated heterocycles. The number of carbonyl (C=O) groups is 1. The van der Waals surface area contributed by atoms with Gasteiger partial charge in [0.15, 0.2) is 0 Å². The summed E-state index contributed by atoms with van der Waals surface area (Å²) in [5, 5.41) is 9.21. The van der Waals surface area contributed by atoms with E-state index < -0.39 is 0 Å². The van der Waals surface area contributed by atoms with Crippen molar-refractivity contribution < 1.29 is 4.79 Å². The van der Waals surface area contributed by atoms with Gasteiger partial charge in [-0.1, -0.05) is 0 Å². The smallest absolute Gasteiger partial charge is 0.147 e. The second-order valence-corrected chi connectivity index (χ2v) is 6.23. The van der Waals surface area contributed by atoms with Gasteiger partial charge in [-0.25, -0.2) is 0 Å². The third-order valence-corrected chi connectivity index (χ3v) is 5.26. The van der Waals surface area contributed by atoms with Crippen molar-refractivity contribution in [3.63, 3.8) is 0 Å². The van der Waals surface area contributed by atoms with Crippen LogP contribution in [-0.2, 0) is 4.79 Å². The third-order valence-electron chi connectivity index (χ3n) is 5.26. The van der Waals surface area contributed by atoms with Crippen LogP contribution in [0.3, 0.4) is 0 Å². The molecule has 0 aromatic heterocycles. The van der Waals surface area contributed by atoms with E-state index in [2.05, 4.69) is 6.07 Å². The molecule has 0 radical (unpaired) electrons. The minimum atomic E-state index is -0.310. The first-order valence-corrected chi connectivity index (χ1v) is 6.59. The molecule has 4 aliphatic carbocycles. The molecule has 4 fully saturated rings. The SMILES string of the molecule is CC(=O)C(C#N)C1C2CC3CC(C2)CC1C3. The molecule has 4 bridgehead atoms. The normalized spacial score (nSPS) is 46.4. The first kappa shape index (κ1) is 10.3. The molecule has 4 rings (SSSR count). The fraction of sp³-hybridized carbons (Fsp3) is 0.857. The first-order chi connectivity index (χ1) is 7.69. The molecule has 0 aromatic carbocycles. The third kappa shape index (κ3) is 1.41. The minimum absolute atomic E-state index is 0.0972. The van der Waals surface area contributed by atoms with Crippen LogP contribution in [0.4, 0.5) is 0 Å². The van der Waals surface area contributed by atoms with E-state index in [1.54, 1.807) is 6.92 Å². The van der Waals surface area contributed by atoms with Gasteiger partial charge in [0.1, 0.15) is 11.7 Å². The summed E-state index contributed by atoms with van der Waals surface area (Å²) >= 11 is 0.